The highest BCUT2D eigenvalue weighted by Crippen LogP contribution is 2.17. The summed E-state index contributed by atoms with van der Waals surface area (Å²) in [6, 6.07) is 15.6. The lowest BCUT2D eigenvalue weighted by molar-refractivity contribution is -0.122. The first kappa shape index (κ1) is 35.2. The van der Waals surface area contributed by atoms with Crippen molar-refractivity contribution in [3.8, 4) is 0 Å². The second-order valence-corrected chi connectivity index (χ2v) is 11.7. The van der Waals surface area contributed by atoms with Gasteiger partial charge in [0.05, 0.1) is 17.0 Å². The van der Waals surface area contributed by atoms with Crippen molar-refractivity contribution in [2.75, 3.05) is 20.1 Å². The number of rotatable bonds is 14. The fraction of sp³-hybridized carbons (Fsp3) is 0.290. The van der Waals surface area contributed by atoms with Crippen LogP contribution in [-0.2, 0) is 34.2 Å². The molecule has 0 radical (unpaired) electrons. The van der Waals surface area contributed by atoms with Gasteiger partial charge in [-0.05, 0) is 65.9 Å². The molecule has 12 heteroatoms. The Labute approximate surface area is 250 Å². The third-order valence-corrected chi connectivity index (χ3v) is 8.29. The average Bonchev–Trinajstić information content (AvgIpc) is 2.97. The molecule has 0 aromatic heterocycles. The minimum atomic E-state index is -3.76. The number of benzene rings is 3. The van der Waals surface area contributed by atoms with Crippen LogP contribution in [0.15, 0.2) is 84.3 Å². The monoisotopic (exact) mass is 617 g/mol. The first-order chi connectivity index (χ1) is 20.4. The van der Waals surface area contributed by atoms with Gasteiger partial charge in [0.25, 0.3) is 12.4 Å². The van der Waals surface area contributed by atoms with Gasteiger partial charge in [-0.25, -0.2) is 17.2 Å². The SMILES string of the molecule is C=CCN(C)S(=O)(=O)c1ccc(C(=O)N[C@@H](Cc2cc(F)cc(F)c2)[C@H](O)CNCc2cccc(CC)c2)cc1.O=CO. The maximum Gasteiger partial charge on any atom is 0.290 e. The zero-order chi connectivity index (χ0) is 32.0. The van der Waals surface area contributed by atoms with Crippen LogP contribution in [0.5, 0.6) is 0 Å². The van der Waals surface area contributed by atoms with E-state index in [1.165, 1.54) is 43.0 Å². The van der Waals surface area contributed by atoms with Gasteiger partial charge < -0.3 is 20.8 Å². The summed E-state index contributed by atoms with van der Waals surface area (Å²) in [6.07, 6.45) is 1.23. The minimum absolute atomic E-state index is 0.0107. The van der Waals surface area contributed by atoms with E-state index in [1.807, 2.05) is 18.2 Å². The maximum absolute atomic E-state index is 13.8. The molecule has 3 aromatic carbocycles. The zero-order valence-corrected chi connectivity index (χ0v) is 24.9. The second-order valence-electron chi connectivity index (χ2n) is 9.64. The van der Waals surface area contributed by atoms with Crippen molar-refractivity contribution in [2.45, 2.75) is 43.4 Å². The molecule has 0 fully saturated rings. The average molecular weight is 618 g/mol. The van der Waals surface area contributed by atoms with E-state index < -0.39 is 39.7 Å². The molecule has 232 valence electrons. The summed E-state index contributed by atoms with van der Waals surface area (Å²) >= 11 is 0. The standard InChI is InChI=1S/C30H35F2N3O4S.CH2O2/c1-4-13-35(3)40(38,39)27-11-9-24(10-12-27)30(37)34-28(17-23-15-25(31)18-26(32)16-23)29(36)20-33-19-22-8-6-7-21(5-2)14-22;2-1-3/h4,6-12,14-16,18,28-29,33,36H,1,5,13,17,19-20H2,2-3H3,(H,34,37);1H,(H,2,3)/t28-,29+;/m0./s1. The molecule has 0 saturated carbocycles. The highest BCUT2D eigenvalue weighted by molar-refractivity contribution is 7.89. The molecule has 3 aromatic rings. The zero-order valence-electron chi connectivity index (χ0n) is 24.0. The smallest absolute Gasteiger partial charge is 0.290 e. The maximum atomic E-state index is 13.8. The van der Waals surface area contributed by atoms with Crippen molar-refractivity contribution >= 4 is 22.4 Å². The van der Waals surface area contributed by atoms with E-state index in [2.05, 4.69) is 30.2 Å². The Kier molecular flexibility index (Phi) is 14.1. The molecular formula is C31H37F2N3O6S. The summed E-state index contributed by atoms with van der Waals surface area (Å²) in [4.78, 5) is 21.5. The molecule has 4 N–H and O–H groups in total. The highest BCUT2D eigenvalue weighted by Gasteiger charge is 2.24. The van der Waals surface area contributed by atoms with Crippen molar-refractivity contribution in [3.63, 3.8) is 0 Å². The molecule has 0 unspecified atom stereocenters. The molecule has 0 aliphatic carbocycles. The summed E-state index contributed by atoms with van der Waals surface area (Å²) in [7, 11) is -2.33. The molecule has 0 heterocycles. The van der Waals surface area contributed by atoms with Gasteiger partial charge in [-0.1, -0.05) is 37.3 Å². The number of carbonyl (C=O) groups excluding carboxylic acids is 1. The van der Waals surface area contributed by atoms with E-state index in [4.69, 9.17) is 9.90 Å². The molecule has 0 spiro atoms. The number of carboxylic acid groups (broad SMARTS) is 1. The van der Waals surface area contributed by atoms with Crippen molar-refractivity contribution < 1.29 is 37.0 Å². The van der Waals surface area contributed by atoms with Gasteiger partial charge in [0.2, 0.25) is 10.0 Å². The number of carbonyl (C=O) groups is 2. The number of amides is 1. The summed E-state index contributed by atoms with van der Waals surface area (Å²) in [5.74, 6) is -2.09. The molecule has 0 saturated heterocycles. The van der Waals surface area contributed by atoms with Gasteiger partial charge in [-0.3, -0.25) is 9.59 Å². The van der Waals surface area contributed by atoms with Gasteiger partial charge in [-0.2, -0.15) is 4.31 Å². The third-order valence-electron chi connectivity index (χ3n) is 6.45. The highest BCUT2D eigenvalue weighted by atomic mass is 32.2. The number of halogens is 2. The Morgan fingerprint density at radius 3 is 2.21 bits per heavy atom. The molecule has 1 amide bonds. The van der Waals surface area contributed by atoms with E-state index >= 15 is 0 Å². The first-order valence-electron chi connectivity index (χ1n) is 13.4. The van der Waals surface area contributed by atoms with Crippen LogP contribution in [0, 0.1) is 11.6 Å². The Morgan fingerprint density at radius 1 is 1.02 bits per heavy atom. The van der Waals surface area contributed by atoms with Crippen LogP contribution in [0.25, 0.3) is 0 Å². The predicted octanol–water partition coefficient (Wildman–Crippen LogP) is 3.53. The topological polar surface area (TPSA) is 136 Å². The lowest BCUT2D eigenvalue weighted by atomic mass is 10.00. The Bertz CT molecular complexity index is 1450. The Morgan fingerprint density at radius 2 is 1.63 bits per heavy atom. The van der Waals surface area contributed by atoms with Crippen LogP contribution in [0.3, 0.4) is 0 Å². The van der Waals surface area contributed by atoms with E-state index in [1.54, 1.807) is 0 Å². The third kappa shape index (κ3) is 11.0. The molecule has 9 nitrogen and oxygen atoms in total. The van der Waals surface area contributed by atoms with Crippen LogP contribution in [0.1, 0.15) is 34.0 Å². The number of aryl methyl sites for hydroxylation is 1. The molecule has 43 heavy (non-hydrogen) atoms. The van der Waals surface area contributed by atoms with Crippen LogP contribution in [-0.4, -0.2) is 67.6 Å². The van der Waals surface area contributed by atoms with E-state index in [0.717, 1.165) is 34.5 Å². The molecule has 0 aliphatic heterocycles. The van der Waals surface area contributed by atoms with Gasteiger partial charge in [0.15, 0.2) is 0 Å². The molecule has 2 atom stereocenters. The predicted molar refractivity (Wildman–Crippen MR) is 160 cm³/mol. The van der Waals surface area contributed by atoms with Gasteiger partial charge in [0.1, 0.15) is 11.6 Å². The Hall–Kier alpha value is -3.97. The number of hydrogen-bond acceptors (Lipinski definition) is 6. The summed E-state index contributed by atoms with van der Waals surface area (Å²) < 4.78 is 54.1. The summed E-state index contributed by atoms with van der Waals surface area (Å²) in [6.45, 7) is 6.07. The van der Waals surface area contributed by atoms with Gasteiger partial charge >= 0.3 is 0 Å². The van der Waals surface area contributed by atoms with E-state index in [0.29, 0.717) is 6.54 Å². The Balaban J connectivity index is 0.00000206. The van der Waals surface area contributed by atoms with Gasteiger partial charge in [-0.15, -0.1) is 6.58 Å². The molecule has 0 aliphatic rings. The number of nitrogens with zero attached hydrogens (tertiary/aromatic N) is 1. The summed E-state index contributed by atoms with van der Waals surface area (Å²) in [5.41, 5.74) is 2.65. The first-order valence-corrected chi connectivity index (χ1v) is 14.9. The lowest BCUT2D eigenvalue weighted by Gasteiger charge is -2.25. The van der Waals surface area contributed by atoms with Crippen LogP contribution >= 0.6 is 0 Å². The van der Waals surface area contributed by atoms with Crippen LogP contribution < -0.4 is 10.6 Å². The van der Waals surface area contributed by atoms with Crippen LogP contribution in [0.2, 0.25) is 0 Å². The normalized spacial score (nSPS) is 12.5. The molecule has 3 rings (SSSR count). The molecule has 0 bridgehead atoms. The van der Waals surface area contributed by atoms with Gasteiger partial charge in [0, 0.05) is 38.3 Å². The molecular weight excluding hydrogens is 580 g/mol. The summed E-state index contributed by atoms with van der Waals surface area (Å²) in [5, 5.41) is 23.8. The number of sulfonamides is 1. The number of aliphatic hydroxyl groups is 1. The van der Waals surface area contributed by atoms with Crippen molar-refractivity contribution in [1.82, 2.24) is 14.9 Å². The number of likely N-dealkylation sites (N-methyl/N-ethyl adjacent to an activating group) is 1. The number of nitrogens with one attached hydrogen (secondary N) is 2. The van der Waals surface area contributed by atoms with Crippen molar-refractivity contribution in [3.05, 3.63) is 113 Å². The van der Waals surface area contributed by atoms with Crippen molar-refractivity contribution in [2.24, 2.45) is 0 Å². The van der Waals surface area contributed by atoms with E-state index in [-0.39, 0.29) is 42.0 Å². The second kappa shape index (κ2) is 17.2. The van der Waals surface area contributed by atoms with E-state index in [9.17, 15) is 27.1 Å². The minimum Gasteiger partial charge on any atom is -0.483 e. The number of aliphatic hydroxyl groups excluding tert-OH is 1. The van der Waals surface area contributed by atoms with Crippen molar-refractivity contribution in [1.29, 1.82) is 0 Å². The lowest BCUT2D eigenvalue weighted by Crippen LogP contribution is -2.48. The number of hydrogen-bond donors (Lipinski definition) is 4. The quantitative estimate of drug-likeness (QED) is 0.161. The largest absolute Gasteiger partial charge is 0.483 e. The fourth-order valence-corrected chi connectivity index (χ4v) is 5.36. The fourth-order valence-electron chi connectivity index (χ4n) is 4.22. The van der Waals surface area contributed by atoms with Crippen LogP contribution in [0.4, 0.5) is 8.78 Å².